The average molecular weight is 336 g/mol. The van der Waals surface area contributed by atoms with Crippen molar-refractivity contribution in [2.24, 2.45) is 0 Å². The summed E-state index contributed by atoms with van der Waals surface area (Å²) >= 11 is 11.8. The minimum Gasteiger partial charge on any atom is -0.339 e. The highest BCUT2D eigenvalue weighted by atomic mass is 35.5. The van der Waals surface area contributed by atoms with Crippen molar-refractivity contribution in [2.45, 2.75) is 6.92 Å². The van der Waals surface area contributed by atoms with Gasteiger partial charge in [-0.1, -0.05) is 23.7 Å². The Bertz CT molecular complexity index is 757. The summed E-state index contributed by atoms with van der Waals surface area (Å²) in [5, 5.41) is 14.4. The van der Waals surface area contributed by atoms with E-state index in [9.17, 15) is 4.79 Å². The van der Waals surface area contributed by atoms with Crippen LogP contribution in [0.3, 0.4) is 0 Å². The Kier molecular flexibility index (Phi) is 5.15. The fraction of sp³-hybridized carbons (Fsp3) is 0.143. The Morgan fingerprint density at radius 3 is 2.91 bits per heavy atom. The van der Waals surface area contributed by atoms with Crippen LogP contribution in [0.25, 0.3) is 0 Å². The van der Waals surface area contributed by atoms with Gasteiger partial charge in [-0.15, -0.1) is 0 Å². The first-order valence-corrected chi connectivity index (χ1v) is 6.98. The molecule has 0 spiro atoms. The summed E-state index contributed by atoms with van der Waals surface area (Å²) in [5.41, 5.74) is 1.73. The third-order valence-corrected chi connectivity index (χ3v) is 3.26. The third kappa shape index (κ3) is 3.64. The van der Waals surface area contributed by atoms with E-state index >= 15 is 0 Å². The van der Waals surface area contributed by atoms with E-state index in [-0.39, 0.29) is 22.8 Å². The lowest BCUT2D eigenvalue weighted by atomic mass is 10.1. The van der Waals surface area contributed by atoms with Gasteiger partial charge in [-0.3, -0.25) is 4.79 Å². The summed E-state index contributed by atoms with van der Waals surface area (Å²) in [6, 6.07) is 7.07. The van der Waals surface area contributed by atoms with Crippen LogP contribution in [0.2, 0.25) is 10.3 Å². The number of nitriles is 1. The number of benzene rings is 1. The molecule has 0 aliphatic rings. The Hall–Kier alpha value is -2.36. The molecule has 2 aromatic rings. The maximum absolute atomic E-state index is 12.1. The first-order valence-electron chi connectivity index (χ1n) is 6.22. The number of hydrogen-bond donors (Lipinski definition) is 2. The maximum atomic E-state index is 12.1. The third-order valence-electron chi connectivity index (χ3n) is 2.80. The second-order valence-corrected chi connectivity index (χ2v) is 5.04. The molecule has 0 saturated carbocycles. The van der Waals surface area contributed by atoms with Crippen molar-refractivity contribution in [1.82, 2.24) is 15.3 Å². The lowest BCUT2D eigenvalue weighted by Gasteiger charge is -2.14. The number of amides is 1. The molecule has 0 fully saturated rings. The van der Waals surface area contributed by atoms with Crippen LogP contribution in [0.1, 0.15) is 15.9 Å². The zero-order valence-corrected chi connectivity index (χ0v) is 13.0. The number of nitrogens with one attached hydrogen (secondary N) is 2. The van der Waals surface area contributed by atoms with E-state index in [1.165, 1.54) is 6.20 Å². The topological polar surface area (TPSA) is 90.7 Å². The molecule has 1 heterocycles. The molecule has 0 bridgehead atoms. The van der Waals surface area contributed by atoms with Crippen molar-refractivity contribution in [3.8, 4) is 6.07 Å². The average Bonchev–Trinajstić information content (AvgIpc) is 2.50. The number of halogens is 2. The molecule has 8 heteroatoms. The fourth-order valence-corrected chi connectivity index (χ4v) is 2.06. The van der Waals surface area contributed by atoms with E-state index in [1.807, 2.05) is 19.1 Å². The smallest absolute Gasteiger partial charge is 0.254 e. The molecule has 0 saturated heterocycles. The highest BCUT2D eigenvalue weighted by molar-refractivity contribution is 6.33. The van der Waals surface area contributed by atoms with Gasteiger partial charge >= 0.3 is 0 Å². The molecule has 1 amide bonds. The van der Waals surface area contributed by atoms with Gasteiger partial charge in [-0.25, -0.2) is 4.98 Å². The zero-order valence-electron chi connectivity index (χ0n) is 11.5. The number of aromatic nitrogens is 2. The molecule has 0 aliphatic heterocycles. The highest BCUT2D eigenvalue weighted by Crippen LogP contribution is 2.28. The predicted octanol–water partition coefficient (Wildman–Crippen LogP) is 3.09. The molecular weight excluding hydrogens is 325 g/mol. The van der Waals surface area contributed by atoms with E-state index in [4.69, 9.17) is 28.5 Å². The van der Waals surface area contributed by atoms with Crippen molar-refractivity contribution < 1.29 is 4.79 Å². The molecule has 22 heavy (non-hydrogen) atoms. The van der Waals surface area contributed by atoms with Crippen molar-refractivity contribution in [3.05, 3.63) is 45.8 Å². The van der Waals surface area contributed by atoms with Crippen LogP contribution in [0.5, 0.6) is 0 Å². The first kappa shape index (κ1) is 16.0. The predicted molar refractivity (Wildman–Crippen MR) is 84.5 cm³/mol. The van der Waals surface area contributed by atoms with Crippen LogP contribution in [-0.2, 0) is 0 Å². The van der Waals surface area contributed by atoms with Crippen LogP contribution >= 0.6 is 23.2 Å². The largest absolute Gasteiger partial charge is 0.339 e. The van der Waals surface area contributed by atoms with Crippen molar-refractivity contribution in [1.29, 1.82) is 5.26 Å². The number of rotatable bonds is 4. The number of carbonyl (C=O) groups excluding carboxylic acids is 1. The highest BCUT2D eigenvalue weighted by Gasteiger charge is 2.15. The molecule has 0 unspecified atom stereocenters. The van der Waals surface area contributed by atoms with Crippen LogP contribution < -0.4 is 10.6 Å². The van der Waals surface area contributed by atoms with E-state index in [0.29, 0.717) is 17.1 Å². The summed E-state index contributed by atoms with van der Waals surface area (Å²) in [4.78, 5) is 19.9. The Morgan fingerprint density at radius 1 is 1.41 bits per heavy atom. The Labute approximate surface area is 137 Å². The minimum atomic E-state index is -0.371. The van der Waals surface area contributed by atoms with E-state index in [2.05, 4.69) is 20.6 Å². The normalized spacial score (nSPS) is 9.91. The molecule has 2 N–H and O–H groups in total. The van der Waals surface area contributed by atoms with Gasteiger partial charge in [-0.2, -0.15) is 10.2 Å². The molecule has 112 valence electrons. The second-order valence-electron chi connectivity index (χ2n) is 4.30. The van der Waals surface area contributed by atoms with Gasteiger partial charge in [0.25, 0.3) is 5.91 Å². The summed E-state index contributed by atoms with van der Waals surface area (Å²) in [7, 11) is 0. The van der Waals surface area contributed by atoms with E-state index in [0.717, 1.165) is 5.56 Å². The maximum Gasteiger partial charge on any atom is 0.254 e. The van der Waals surface area contributed by atoms with Crippen LogP contribution in [0, 0.1) is 18.3 Å². The molecule has 2 rings (SSSR count). The standard InChI is InChI=1S/C14H11Cl2N5O/c1-8-3-2-4-9(13(22)18-6-5-17)11(8)20-12-10(15)7-19-14(16)21-12/h2-4,7H,6H2,1H3,(H,18,22)(H,19,20,21). The number of aryl methyl sites for hydroxylation is 1. The second kappa shape index (κ2) is 7.07. The molecule has 1 aromatic carbocycles. The number of nitrogens with zero attached hydrogens (tertiary/aromatic N) is 3. The van der Waals surface area contributed by atoms with Gasteiger partial charge in [-0.05, 0) is 30.2 Å². The Morgan fingerprint density at radius 2 is 2.18 bits per heavy atom. The van der Waals surface area contributed by atoms with Crippen molar-refractivity contribution in [2.75, 3.05) is 11.9 Å². The van der Waals surface area contributed by atoms with E-state index in [1.54, 1.807) is 12.1 Å². The number of hydrogen-bond acceptors (Lipinski definition) is 5. The van der Waals surface area contributed by atoms with Crippen molar-refractivity contribution in [3.63, 3.8) is 0 Å². The van der Waals surface area contributed by atoms with Crippen LogP contribution in [-0.4, -0.2) is 22.4 Å². The molecule has 0 radical (unpaired) electrons. The van der Waals surface area contributed by atoms with Gasteiger partial charge in [0.2, 0.25) is 5.28 Å². The molecule has 6 nitrogen and oxygen atoms in total. The number of carbonyl (C=O) groups is 1. The molecule has 1 aromatic heterocycles. The quantitative estimate of drug-likeness (QED) is 0.661. The number of para-hydroxylation sites is 1. The number of anilines is 2. The Balaban J connectivity index is 2.40. The van der Waals surface area contributed by atoms with Gasteiger partial charge in [0.1, 0.15) is 11.6 Å². The molecule has 0 aliphatic carbocycles. The lowest BCUT2D eigenvalue weighted by molar-refractivity contribution is 0.0959. The minimum absolute atomic E-state index is 0.0379. The summed E-state index contributed by atoms with van der Waals surface area (Å²) in [5.74, 6) is -0.0747. The van der Waals surface area contributed by atoms with Crippen molar-refractivity contribution >= 4 is 40.6 Å². The van der Waals surface area contributed by atoms with Gasteiger partial charge < -0.3 is 10.6 Å². The van der Waals surface area contributed by atoms with Gasteiger partial charge in [0.15, 0.2) is 5.82 Å². The SMILES string of the molecule is Cc1cccc(C(=O)NCC#N)c1Nc1nc(Cl)ncc1Cl. The lowest BCUT2D eigenvalue weighted by Crippen LogP contribution is -2.24. The summed E-state index contributed by atoms with van der Waals surface area (Å²) < 4.78 is 0. The fourth-order valence-electron chi connectivity index (χ4n) is 1.79. The van der Waals surface area contributed by atoms with Gasteiger partial charge in [0, 0.05) is 0 Å². The van der Waals surface area contributed by atoms with Crippen LogP contribution in [0.15, 0.2) is 24.4 Å². The first-order chi connectivity index (χ1) is 10.5. The summed E-state index contributed by atoms with van der Waals surface area (Å²) in [6.45, 7) is 1.76. The molecule has 0 atom stereocenters. The van der Waals surface area contributed by atoms with Gasteiger partial charge in [0.05, 0.1) is 23.5 Å². The van der Waals surface area contributed by atoms with E-state index < -0.39 is 0 Å². The summed E-state index contributed by atoms with van der Waals surface area (Å²) in [6.07, 6.45) is 1.37. The zero-order chi connectivity index (χ0) is 16.1. The monoisotopic (exact) mass is 335 g/mol. The molecular formula is C14H11Cl2N5O. The van der Waals surface area contributed by atoms with Crippen LogP contribution in [0.4, 0.5) is 11.5 Å².